The second kappa shape index (κ2) is 8.58. The normalized spacial score (nSPS) is 15.8. The SMILES string of the molecule is O=C(CN1CCN(Cc2ccc(Cl)cc2)CC1)Nc1c(F)cccc1F. The van der Waals surface area contributed by atoms with Gasteiger partial charge in [0.25, 0.3) is 0 Å². The van der Waals surface area contributed by atoms with Gasteiger partial charge in [-0.3, -0.25) is 14.6 Å². The van der Waals surface area contributed by atoms with Gasteiger partial charge in [0.1, 0.15) is 17.3 Å². The van der Waals surface area contributed by atoms with Crippen LogP contribution in [0, 0.1) is 11.6 Å². The summed E-state index contributed by atoms with van der Waals surface area (Å²) in [5.74, 6) is -1.96. The van der Waals surface area contributed by atoms with Crippen LogP contribution in [0.15, 0.2) is 42.5 Å². The van der Waals surface area contributed by atoms with Crippen LogP contribution in [0.1, 0.15) is 5.56 Å². The topological polar surface area (TPSA) is 35.6 Å². The Labute approximate surface area is 156 Å². The highest BCUT2D eigenvalue weighted by Crippen LogP contribution is 2.18. The molecule has 1 aliphatic rings. The number of piperazine rings is 1. The molecule has 0 radical (unpaired) electrons. The van der Waals surface area contributed by atoms with Gasteiger partial charge < -0.3 is 5.32 Å². The Morgan fingerprint density at radius 1 is 0.962 bits per heavy atom. The average Bonchev–Trinajstić information content (AvgIpc) is 2.62. The van der Waals surface area contributed by atoms with Crippen LogP contribution < -0.4 is 5.32 Å². The number of rotatable bonds is 5. The quantitative estimate of drug-likeness (QED) is 0.865. The second-order valence-corrected chi connectivity index (χ2v) is 6.76. The molecule has 7 heteroatoms. The molecule has 0 saturated carbocycles. The van der Waals surface area contributed by atoms with Crippen molar-refractivity contribution in [1.82, 2.24) is 9.80 Å². The third kappa shape index (κ3) is 5.00. The lowest BCUT2D eigenvalue weighted by molar-refractivity contribution is -0.117. The highest BCUT2D eigenvalue weighted by molar-refractivity contribution is 6.30. The first-order chi connectivity index (χ1) is 12.5. The summed E-state index contributed by atoms with van der Waals surface area (Å²) in [4.78, 5) is 16.4. The summed E-state index contributed by atoms with van der Waals surface area (Å²) in [5.41, 5.74) is 0.800. The Bertz CT molecular complexity index is 742. The molecule has 4 nitrogen and oxygen atoms in total. The molecule has 0 atom stereocenters. The summed E-state index contributed by atoms with van der Waals surface area (Å²) >= 11 is 5.89. The molecule has 2 aromatic carbocycles. The van der Waals surface area contributed by atoms with Gasteiger partial charge in [-0.05, 0) is 29.8 Å². The van der Waals surface area contributed by atoms with Crippen molar-refractivity contribution >= 4 is 23.2 Å². The number of carbonyl (C=O) groups excluding carboxylic acids is 1. The number of anilines is 1. The average molecular weight is 380 g/mol. The molecule has 1 aliphatic heterocycles. The fraction of sp³-hybridized carbons (Fsp3) is 0.316. The molecule has 0 aromatic heterocycles. The molecule has 0 aliphatic carbocycles. The Hall–Kier alpha value is -2.02. The lowest BCUT2D eigenvalue weighted by Gasteiger charge is -2.34. The Morgan fingerprint density at radius 2 is 1.54 bits per heavy atom. The van der Waals surface area contributed by atoms with Crippen LogP contribution in [0.3, 0.4) is 0 Å². The van der Waals surface area contributed by atoms with Gasteiger partial charge in [-0.25, -0.2) is 8.78 Å². The predicted octanol–water partition coefficient (Wildman–Crippen LogP) is 3.37. The molecule has 1 heterocycles. The van der Waals surface area contributed by atoms with Crippen LogP contribution in [-0.2, 0) is 11.3 Å². The van der Waals surface area contributed by atoms with E-state index in [1.807, 2.05) is 29.2 Å². The van der Waals surface area contributed by atoms with Crippen LogP contribution in [0.2, 0.25) is 5.02 Å². The summed E-state index contributed by atoms with van der Waals surface area (Å²) in [7, 11) is 0. The van der Waals surface area contributed by atoms with E-state index in [-0.39, 0.29) is 12.2 Å². The first-order valence-corrected chi connectivity index (χ1v) is 8.82. The first-order valence-electron chi connectivity index (χ1n) is 8.44. The predicted molar refractivity (Wildman–Crippen MR) is 98.2 cm³/mol. The van der Waals surface area contributed by atoms with Crippen molar-refractivity contribution in [3.63, 3.8) is 0 Å². The van der Waals surface area contributed by atoms with Crippen molar-refractivity contribution < 1.29 is 13.6 Å². The number of nitrogens with zero attached hydrogens (tertiary/aromatic N) is 2. The van der Waals surface area contributed by atoms with Gasteiger partial charge in [-0.1, -0.05) is 29.8 Å². The maximum atomic E-state index is 13.6. The zero-order chi connectivity index (χ0) is 18.5. The van der Waals surface area contributed by atoms with Crippen LogP contribution in [0.4, 0.5) is 14.5 Å². The summed E-state index contributed by atoms with van der Waals surface area (Å²) in [6.45, 7) is 4.04. The van der Waals surface area contributed by atoms with Gasteiger partial charge in [0.15, 0.2) is 0 Å². The van der Waals surface area contributed by atoms with Gasteiger partial charge in [0, 0.05) is 37.7 Å². The van der Waals surface area contributed by atoms with E-state index in [4.69, 9.17) is 11.6 Å². The molecule has 138 valence electrons. The van der Waals surface area contributed by atoms with E-state index in [2.05, 4.69) is 10.2 Å². The molecular weight excluding hydrogens is 360 g/mol. The van der Waals surface area contributed by atoms with Gasteiger partial charge in [-0.15, -0.1) is 0 Å². The van der Waals surface area contributed by atoms with Crippen LogP contribution >= 0.6 is 11.6 Å². The molecule has 0 unspecified atom stereocenters. The van der Waals surface area contributed by atoms with E-state index in [1.165, 1.54) is 11.6 Å². The van der Waals surface area contributed by atoms with E-state index in [9.17, 15) is 13.6 Å². The molecule has 2 aromatic rings. The van der Waals surface area contributed by atoms with Gasteiger partial charge in [-0.2, -0.15) is 0 Å². The molecule has 1 amide bonds. The van der Waals surface area contributed by atoms with Crippen molar-refractivity contribution in [3.8, 4) is 0 Å². The highest BCUT2D eigenvalue weighted by atomic mass is 35.5. The Morgan fingerprint density at radius 3 is 2.15 bits per heavy atom. The minimum Gasteiger partial charge on any atom is -0.320 e. The molecule has 1 fully saturated rings. The third-order valence-electron chi connectivity index (χ3n) is 4.38. The maximum Gasteiger partial charge on any atom is 0.238 e. The molecule has 3 rings (SSSR count). The van der Waals surface area contributed by atoms with Crippen LogP contribution in [0.25, 0.3) is 0 Å². The van der Waals surface area contributed by atoms with Gasteiger partial charge >= 0.3 is 0 Å². The summed E-state index contributed by atoms with van der Waals surface area (Å²) in [6, 6.07) is 11.3. The molecule has 1 saturated heterocycles. The fourth-order valence-corrected chi connectivity index (χ4v) is 3.08. The Kier molecular flexibility index (Phi) is 6.19. The zero-order valence-corrected chi connectivity index (χ0v) is 15.0. The minimum atomic E-state index is -0.772. The van der Waals surface area contributed by atoms with E-state index < -0.39 is 17.5 Å². The fourth-order valence-electron chi connectivity index (χ4n) is 2.95. The minimum absolute atomic E-state index is 0.114. The number of para-hydroxylation sites is 1. The smallest absolute Gasteiger partial charge is 0.238 e. The molecular formula is C19H20ClF2N3O. The monoisotopic (exact) mass is 379 g/mol. The third-order valence-corrected chi connectivity index (χ3v) is 4.63. The highest BCUT2D eigenvalue weighted by Gasteiger charge is 2.20. The van der Waals surface area contributed by atoms with Gasteiger partial charge in [0.2, 0.25) is 5.91 Å². The molecule has 0 bridgehead atoms. The van der Waals surface area contributed by atoms with Crippen molar-refractivity contribution in [2.45, 2.75) is 6.54 Å². The Balaban J connectivity index is 1.46. The lowest BCUT2D eigenvalue weighted by Crippen LogP contribution is -2.48. The lowest BCUT2D eigenvalue weighted by atomic mass is 10.2. The second-order valence-electron chi connectivity index (χ2n) is 6.32. The van der Waals surface area contributed by atoms with Gasteiger partial charge in [0.05, 0.1) is 6.54 Å². The number of hydrogen-bond acceptors (Lipinski definition) is 3. The number of carbonyl (C=O) groups is 1. The largest absolute Gasteiger partial charge is 0.320 e. The van der Waals surface area contributed by atoms with E-state index >= 15 is 0 Å². The van der Waals surface area contributed by atoms with Crippen molar-refractivity contribution in [1.29, 1.82) is 0 Å². The number of hydrogen-bond donors (Lipinski definition) is 1. The van der Waals surface area contributed by atoms with E-state index in [1.54, 1.807) is 0 Å². The van der Waals surface area contributed by atoms with Crippen molar-refractivity contribution in [2.24, 2.45) is 0 Å². The molecule has 1 N–H and O–H groups in total. The summed E-state index contributed by atoms with van der Waals surface area (Å²) in [5, 5.41) is 3.04. The first kappa shape index (κ1) is 18.8. The standard InChI is InChI=1S/C19H20ClF2N3O/c20-15-6-4-14(5-7-15)12-24-8-10-25(11-9-24)13-18(26)23-19-16(21)2-1-3-17(19)22/h1-7H,8-13H2,(H,23,26). The van der Waals surface area contributed by atoms with Crippen molar-refractivity contribution in [2.75, 3.05) is 38.0 Å². The number of benzene rings is 2. The number of halogens is 3. The van der Waals surface area contributed by atoms with E-state index in [0.717, 1.165) is 49.9 Å². The molecule has 0 spiro atoms. The zero-order valence-electron chi connectivity index (χ0n) is 14.2. The maximum absolute atomic E-state index is 13.6. The number of nitrogens with one attached hydrogen (secondary N) is 1. The number of amides is 1. The summed E-state index contributed by atoms with van der Waals surface area (Å²) < 4.78 is 27.2. The van der Waals surface area contributed by atoms with Crippen molar-refractivity contribution in [3.05, 3.63) is 64.7 Å². The molecule has 26 heavy (non-hydrogen) atoms. The van der Waals surface area contributed by atoms with Crippen LogP contribution in [-0.4, -0.2) is 48.4 Å². The van der Waals surface area contributed by atoms with Crippen LogP contribution in [0.5, 0.6) is 0 Å². The summed E-state index contributed by atoms with van der Waals surface area (Å²) in [6.07, 6.45) is 0. The van der Waals surface area contributed by atoms with E-state index in [0.29, 0.717) is 0 Å².